The van der Waals surface area contributed by atoms with Crippen LogP contribution in [0, 0.1) is 0 Å². The van der Waals surface area contributed by atoms with Crippen molar-refractivity contribution >= 4 is 39.3 Å². The summed E-state index contributed by atoms with van der Waals surface area (Å²) in [5, 5.41) is 2.81. The van der Waals surface area contributed by atoms with E-state index in [1.165, 1.54) is 0 Å². The zero-order chi connectivity index (χ0) is 8.55. The molecule has 0 bridgehead atoms. The molecule has 12 heavy (non-hydrogen) atoms. The van der Waals surface area contributed by atoms with Crippen molar-refractivity contribution < 1.29 is 4.79 Å². The molecule has 0 saturated heterocycles. The molecule has 0 unspecified atom stereocenters. The van der Waals surface area contributed by atoms with Crippen LogP contribution >= 0.6 is 27.7 Å². The van der Waals surface area contributed by atoms with E-state index in [4.69, 9.17) is 0 Å². The summed E-state index contributed by atoms with van der Waals surface area (Å²) >= 11 is 4.92. The third kappa shape index (κ3) is 1.49. The standard InChI is InChI=1S/C8H6BrNOS/c9-5-1-2-7-6(3-5)10-8(11)4-12-7/h1-3H,4H2,(H,10,11). The van der Waals surface area contributed by atoms with E-state index in [1.54, 1.807) is 11.8 Å². The van der Waals surface area contributed by atoms with Gasteiger partial charge in [0.2, 0.25) is 5.91 Å². The topological polar surface area (TPSA) is 29.1 Å². The first-order valence-electron chi connectivity index (χ1n) is 3.48. The van der Waals surface area contributed by atoms with Crippen molar-refractivity contribution in [2.75, 3.05) is 11.1 Å². The van der Waals surface area contributed by atoms with Gasteiger partial charge in [-0.15, -0.1) is 11.8 Å². The van der Waals surface area contributed by atoms with Crippen molar-refractivity contribution in [3.63, 3.8) is 0 Å². The van der Waals surface area contributed by atoms with Crippen molar-refractivity contribution in [1.82, 2.24) is 0 Å². The maximum absolute atomic E-state index is 11.0. The summed E-state index contributed by atoms with van der Waals surface area (Å²) in [7, 11) is 0. The maximum Gasteiger partial charge on any atom is 0.234 e. The van der Waals surface area contributed by atoms with E-state index in [9.17, 15) is 4.79 Å². The number of carbonyl (C=O) groups is 1. The van der Waals surface area contributed by atoms with Crippen molar-refractivity contribution in [2.45, 2.75) is 4.90 Å². The molecule has 1 aromatic carbocycles. The first-order chi connectivity index (χ1) is 5.75. The molecule has 1 aliphatic rings. The Balaban J connectivity index is 2.44. The fourth-order valence-corrected chi connectivity index (χ4v) is 2.20. The Kier molecular flexibility index (Phi) is 2.11. The molecule has 62 valence electrons. The van der Waals surface area contributed by atoms with Gasteiger partial charge in [-0.05, 0) is 18.2 Å². The molecule has 1 aliphatic heterocycles. The third-order valence-electron chi connectivity index (χ3n) is 1.57. The summed E-state index contributed by atoms with van der Waals surface area (Å²) in [5.41, 5.74) is 0.908. The van der Waals surface area contributed by atoms with Gasteiger partial charge in [0.25, 0.3) is 0 Å². The number of nitrogens with one attached hydrogen (secondary N) is 1. The van der Waals surface area contributed by atoms with Crippen LogP contribution < -0.4 is 5.32 Å². The second kappa shape index (κ2) is 3.11. The van der Waals surface area contributed by atoms with Crippen LogP contribution in [0.25, 0.3) is 0 Å². The molecule has 1 amide bonds. The summed E-state index contributed by atoms with van der Waals surface area (Å²) in [6.07, 6.45) is 0. The Labute approximate surface area is 82.9 Å². The number of thioether (sulfide) groups is 1. The average Bonchev–Trinajstić information content (AvgIpc) is 2.03. The summed E-state index contributed by atoms with van der Waals surface area (Å²) in [6, 6.07) is 5.90. The summed E-state index contributed by atoms with van der Waals surface area (Å²) in [4.78, 5) is 12.1. The summed E-state index contributed by atoms with van der Waals surface area (Å²) in [5.74, 6) is 0.597. The minimum absolute atomic E-state index is 0.0746. The lowest BCUT2D eigenvalue weighted by Crippen LogP contribution is -2.18. The number of fused-ring (bicyclic) bond motifs is 1. The van der Waals surface area contributed by atoms with Gasteiger partial charge in [0.05, 0.1) is 11.4 Å². The predicted molar refractivity (Wildman–Crippen MR) is 53.5 cm³/mol. The molecule has 0 aromatic heterocycles. The average molecular weight is 244 g/mol. The lowest BCUT2D eigenvalue weighted by atomic mass is 10.3. The van der Waals surface area contributed by atoms with Gasteiger partial charge in [-0.1, -0.05) is 15.9 Å². The zero-order valence-corrected chi connectivity index (χ0v) is 8.54. The highest BCUT2D eigenvalue weighted by Crippen LogP contribution is 2.33. The van der Waals surface area contributed by atoms with E-state index in [-0.39, 0.29) is 5.91 Å². The van der Waals surface area contributed by atoms with Gasteiger partial charge in [0.15, 0.2) is 0 Å². The summed E-state index contributed by atoms with van der Waals surface area (Å²) < 4.78 is 0.990. The first-order valence-corrected chi connectivity index (χ1v) is 5.26. The first kappa shape index (κ1) is 8.13. The lowest BCUT2D eigenvalue weighted by molar-refractivity contribution is -0.113. The Morgan fingerprint density at radius 1 is 1.50 bits per heavy atom. The summed E-state index contributed by atoms with van der Waals surface area (Å²) in [6.45, 7) is 0. The number of hydrogen-bond acceptors (Lipinski definition) is 2. The smallest absolute Gasteiger partial charge is 0.234 e. The predicted octanol–water partition coefficient (Wildman–Crippen LogP) is 2.49. The molecule has 4 heteroatoms. The van der Waals surface area contributed by atoms with Gasteiger partial charge in [0.1, 0.15) is 0 Å². The van der Waals surface area contributed by atoms with Crippen molar-refractivity contribution in [1.29, 1.82) is 0 Å². The molecular formula is C8H6BrNOS. The number of halogens is 1. The third-order valence-corrected chi connectivity index (χ3v) is 3.14. The van der Waals surface area contributed by atoms with Crippen molar-refractivity contribution in [2.24, 2.45) is 0 Å². The van der Waals surface area contributed by atoms with Gasteiger partial charge in [0, 0.05) is 9.37 Å². The molecule has 0 saturated carbocycles. The fraction of sp³-hybridized carbons (Fsp3) is 0.125. The molecule has 0 fully saturated rings. The van der Waals surface area contributed by atoms with E-state index in [0.717, 1.165) is 15.1 Å². The van der Waals surface area contributed by atoms with Gasteiger partial charge >= 0.3 is 0 Å². The Hall–Kier alpha value is -0.480. The van der Waals surface area contributed by atoms with Crippen LogP contribution in [0.3, 0.4) is 0 Å². The number of rotatable bonds is 0. The van der Waals surface area contributed by atoms with E-state index in [2.05, 4.69) is 21.2 Å². The fourth-order valence-electron chi connectivity index (χ4n) is 1.06. The largest absolute Gasteiger partial charge is 0.324 e. The second-order valence-electron chi connectivity index (χ2n) is 2.48. The molecule has 1 N–H and O–H groups in total. The van der Waals surface area contributed by atoms with Crippen molar-refractivity contribution in [3.8, 4) is 0 Å². The number of hydrogen-bond donors (Lipinski definition) is 1. The Bertz CT molecular complexity index is 340. The molecule has 1 aromatic rings. The van der Waals surface area contributed by atoms with Crippen LogP contribution in [0.15, 0.2) is 27.6 Å². The monoisotopic (exact) mass is 243 g/mol. The molecule has 0 spiro atoms. The van der Waals surface area contributed by atoms with Crippen molar-refractivity contribution in [3.05, 3.63) is 22.7 Å². The van der Waals surface area contributed by atoms with Gasteiger partial charge in [-0.3, -0.25) is 4.79 Å². The van der Waals surface area contributed by atoms with Crippen LogP contribution in [-0.2, 0) is 4.79 Å². The van der Waals surface area contributed by atoms with E-state index in [1.807, 2.05) is 18.2 Å². The molecule has 0 radical (unpaired) electrons. The quantitative estimate of drug-likeness (QED) is 0.759. The SMILES string of the molecule is O=C1CSc2ccc(Br)cc2N1. The molecule has 2 nitrogen and oxygen atoms in total. The zero-order valence-electron chi connectivity index (χ0n) is 6.13. The van der Waals surface area contributed by atoms with E-state index >= 15 is 0 Å². The second-order valence-corrected chi connectivity index (χ2v) is 4.41. The minimum atomic E-state index is 0.0746. The molecule has 0 aliphatic carbocycles. The molecule has 1 heterocycles. The van der Waals surface area contributed by atoms with Crippen LogP contribution in [0.5, 0.6) is 0 Å². The highest BCUT2D eigenvalue weighted by molar-refractivity contribution is 9.10. The number of carbonyl (C=O) groups excluding carboxylic acids is 1. The Morgan fingerprint density at radius 3 is 3.17 bits per heavy atom. The van der Waals surface area contributed by atoms with Crippen LogP contribution in [-0.4, -0.2) is 11.7 Å². The van der Waals surface area contributed by atoms with E-state index in [0.29, 0.717) is 5.75 Å². The number of amides is 1. The van der Waals surface area contributed by atoms with Gasteiger partial charge in [-0.25, -0.2) is 0 Å². The number of anilines is 1. The van der Waals surface area contributed by atoms with E-state index < -0.39 is 0 Å². The Morgan fingerprint density at radius 2 is 2.33 bits per heavy atom. The highest BCUT2D eigenvalue weighted by Gasteiger charge is 2.14. The minimum Gasteiger partial charge on any atom is -0.324 e. The lowest BCUT2D eigenvalue weighted by Gasteiger charge is -2.15. The molecule has 0 atom stereocenters. The molecule has 2 rings (SSSR count). The van der Waals surface area contributed by atoms with Gasteiger partial charge in [-0.2, -0.15) is 0 Å². The normalized spacial score (nSPS) is 15.2. The van der Waals surface area contributed by atoms with Gasteiger partial charge < -0.3 is 5.32 Å². The molecular weight excluding hydrogens is 238 g/mol. The van der Waals surface area contributed by atoms with Crippen LogP contribution in [0.4, 0.5) is 5.69 Å². The highest BCUT2D eigenvalue weighted by atomic mass is 79.9. The maximum atomic E-state index is 11.0. The van der Waals surface area contributed by atoms with Crippen LogP contribution in [0.1, 0.15) is 0 Å². The van der Waals surface area contributed by atoms with Crippen LogP contribution in [0.2, 0.25) is 0 Å². The number of benzene rings is 1.